The van der Waals surface area contributed by atoms with Gasteiger partial charge in [0.05, 0.1) is 17.8 Å². The third-order valence-electron chi connectivity index (χ3n) is 6.63. The molecule has 1 aliphatic carbocycles. The lowest BCUT2D eigenvalue weighted by atomic mass is 9.98. The topological polar surface area (TPSA) is 71.4 Å². The first kappa shape index (κ1) is 22.6. The number of anilines is 2. The van der Waals surface area contributed by atoms with Crippen LogP contribution in [0.5, 0.6) is 0 Å². The highest BCUT2D eigenvalue weighted by atomic mass is 32.1. The Morgan fingerprint density at radius 1 is 1.18 bits per heavy atom. The lowest BCUT2D eigenvalue weighted by molar-refractivity contribution is -0.119. The minimum Gasteiger partial charge on any atom is -0.375 e. The van der Waals surface area contributed by atoms with Crippen molar-refractivity contribution in [1.82, 2.24) is 14.9 Å². The molecule has 2 atom stereocenters. The minimum absolute atomic E-state index is 0.0215. The molecule has 7 nitrogen and oxygen atoms in total. The second-order valence-electron chi connectivity index (χ2n) is 8.85. The van der Waals surface area contributed by atoms with Gasteiger partial charge in [-0.15, -0.1) is 0 Å². The second-order valence-corrected chi connectivity index (χ2v) is 9.24. The predicted octanol–water partition coefficient (Wildman–Crippen LogP) is 4.76. The Balaban J connectivity index is 1.47. The lowest BCUT2D eigenvalue weighted by Gasteiger charge is -2.27. The van der Waals surface area contributed by atoms with Gasteiger partial charge in [-0.1, -0.05) is 18.9 Å². The molecule has 176 valence electrons. The highest BCUT2D eigenvalue weighted by Crippen LogP contribution is 2.42. The van der Waals surface area contributed by atoms with Gasteiger partial charge in [-0.2, -0.15) is 0 Å². The summed E-state index contributed by atoms with van der Waals surface area (Å²) in [5, 5.41) is 7.01. The predicted molar refractivity (Wildman–Crippen MR) is 137 cm³/mol. The number of benzene rings is 1. The zero-order chi connectivity index (χ0) is 23.5. The van der Waals surface area contributed by atoms with Gasteiger partial charge in [0.25, 0.3) is 0 Å². The highest BCUT2D eigenvalue weighted by Gasteiger charge is 2.41. The molecule has 1 amide bonds. The van der Waals surface area contributed by atoms with E-state index in [9.17, 15) is 4.79 Å². The van der Waals surface area contributed by atoms with Crippen molar-refractivity contribution in [2.75, 3.05) is 23.9 Å². The number of nitrogens with one attached hydrogen (secondary N) is 2. The summed E-state index contributed by atoms with van der Waals surface area (Å²) in [7, 11) is 1.50. The van der Waals surface area contributed by atoms with Crippen molar-refractivity contribution >= 4 is 34.6 Å². The van der Waals surface area contributed by atoms with E-state index in [-0.39, 0.29) is 24.6 Å². The van der Waals surface area contributed by atoms with Gasteiger partial charge in [0.1, 0.15) is 6.61 Å². The molecule has 0 spiro atoms. The molecule has 0 unspecified atom stereocenters. The summed E-state index contributed by atoms with van der Waals surface area (Å²) in [5.74, 6) is -0.185. The van der Waals surface area contributed by atoms with Crippen LogP contribution < -0.4 is 15.5 Å². The first-order valence-corrected chi connectivity index (χ1v) is 12.1. The fourth-order valence-electron chi connectivity index (χ4n) is 5.04. The largest absolute Gasteiger partial charge is 0.375 e. The van der Waals surface area contributed by atoms with Crippen LogP contribution in [0.4, 0.5) is 11.4 Å². The molecule has 5 rings (SSSR count). The van der Waals surface area contributed by atoms with Gasteiger partial charge in [0.15, 0.2) is 5.11 Å². The number of ether oxygens (including phenoxy) is 1. The molecule has 1 aliphatic heterocycles. The average molecular weight is 476 g/mol. The van der Waals surface area contributed by atoms with E-state index in [0.29, 0.717) is 16.8 Å². The van der Waals surface area contributed by atoms with Gasteiger partial charge in [0, 0.05) is 43.1 Å². The van der Waals surface area contributed by atoms with Crippen LogP contribution in [0.2, 0.25) is 0 Å². The summed E-state index contributed by atoms with van der Waals surface area (Å²) in [4.78, 5) is 18.7. The maximum absolute atomic E-state index is 11.9. The van der Waals surface area contributed by atoms with E-state index in [2.05, 4.69) is 43.5 Å². The third-order valence-corrected chi connectivity index (χ3v) is 6.94. The lowest BCUT2D eigenvalue weighted by Crippen LogP contribution is -2.29. The molecule has 1 aromatic carbocycles. The molecule has 2 fully saturated rings. The summed E-state index contributed by atoms with van der Waals surface area (Å²) in [6.07, 6.45) is 11.4. The fraction of sp³-hybridized carbons (Fsp3) is 0.346. The van der Waals surface area contributed by atoms with Crippen molar-refractivity contribution in [2.45, 2.75) is 43.8 Å². The number of pyridine rings is 1. The summed E-state index contributed by atoms with van der Waals surface area (Å²) in [5.41, 5.74) is 3.83. The first-order chi connectivity index (χ1) is 16.6. The fourth-order valence-corrected chi connectivity index (χ4v) is 5.39. The molecule has 3 heterocycles. The number of rotatable bonds is 7. The van der Waals surface area contributed by atoms with Crippen LogP contribution in [0.1, 0.15) is 55.1 Å². The monoisotopic (exact) mass is 475 g/mol. The van der Waals surface area contributed by atoms with E-state index >= 15 is 0 Å². The van der Waals surface area contributed by atoms with Crippen molar-refractivity contribution in [1.29, 1.82) is 0 Å². The van der Waals surface area contributed by atoms with Crippen LogP contribution in [0.25, 0.3) is 0 Å². The zero-order valence-electron chi connectivity index (χ0n) is 19.2. The number of aromatic nitrogens is 2. The van der Waals surface area contributed by atoms with Crippen molar-refractivity contribution < 1.29 is 9.53 Å². The molecule has 8 heteroatoms. The SMILES string of the molecule is COCC(=O)Nc1ccc(N2C(=S)N[C@H](c3ccccn3)[C@@H]2c2ccn(C3CCCC3)c2)cc1. The Labute approximate surface area is 205 Å². The quantitative estimate of drug-likeness (QED) is 0.480. The summed E-state index contributed by atoms with van der Waals surface area (Å²) in [6, 6.07) is 16.4. The molecule has 2 aliphatic rings. The number of nitrogens with zero attached hydrogens (tertiary/aromatic N) is 3. The summed E-state index contributed by atoms with van der Waals surface area (Å²) < 4.78 is 7.26. The number of carbonyl (C=O) groups excluding carboxylic acids is 1. The normalized spacial score (nSPS) is 20.5. The van der Waals surface area contributed by atoms with Gasteiger partial charge >= 0.3 is 0 Å². The molecule has 34 heavy (non-hydrogen) atoms. The highest BCUT2D eigenvalue weighted by molar-refractivity contribution is 7.80. The van der Waals surface area contributed by atoms with Crippen molar-refractivity contribution in [2.24, 2.45) is 0 Å². The molecule has 1 saturated carbocycles. The first-order valence-electron chi connectivity index (χ1n) is 11.7. The van der Waals surface area contributed by atoms with Crippen LogP contribution in [-0.4, -0.2) is 34.3 Å². The van der Waals surface area contributed by atoms with Crippen LogP contribution >= 0.6 is 12.2 Å². The third kappa shape index (κ3) is 4.56. The van der Waals surface area contributed by atoms with E-state index < -0.39 is 0 Å². The smallest absolute Gasteiger partial charge is 0.250 e. The van der Waals surface area contributed by atoms with Crippen LogP contribution in [0, 0.1) is 0 Å². The Bertz CT molecular complexity index is 1140. The molecule has 0 bridgehead atoms. The second kappa shape index (κ2) is 9.95. The van der Waals surface area contributed by atoms with E-state index in [0.717, 1.165) is 11.4 Å². The van der Waals surface area contributed by atoms with Crippen LogP contribution in [0.3, 0.4) is 0 Å². The number of thiocarbonyl (C=S) groups is 1. The van der Waals surface area contributed by atoms with E-state index in [1.54, 1.807) is 0 Å². The standard InChI is InChI=1S/C26H29N5O2S/c1-33-17-23(32)28-19-9-11-21(12-10-19)31-25(18-13-15-30(16-18)20-6-2-3-7-20)24(29-26(31)34)22-8-4-5-14-27-22/h4-5,8-16,20,24-25H,2-3,6-7,17H2,1H3,(H,28,32)(H,29,34)/t24-,25+/m1/s1. The van der Waals surface area contributed by atoms with Gasteiger partial charge in [-0.3, -0.25) is 9.78 Å². The molecular weight excluding hydrogens is 446 g/mol. The van der Waals surface area contributed by atoms with Gasteiger partial charge in [-0.25, -0.2) is 0 Å². The molecule has 0 radical (unpaired) electrons. The zero-order valence-corrected chi connectivity index (χ0v) is 20.0. The van der Waals surface area contributed by atoms with Gasteiger partial charge < -0.3 is 24.8 Å². The number of amides is 1. The number of carbonyl (C=O) groups is 1. The number of methoxy groups -OCH3 is 1. The molecule has 1 saturated heterocycles. The molecule has 2 N–H and O–H groups in total. The molecular formula is C26H29N5O2S. The molecule has 2 aromatic heterocycles. The van der Waals surface area contributed by atoms with Crippen LogP contribution in [0.15, 0.2) is 67.1 Å². The summed E-state index contributed by atoms with van der Waals surface area (Å²) >= 11 is 5.82. The van der Waals surface area contributed by atoms with Crippen molar-refractivity contribution in [3.8, 4) is 0 Å². The Morgan fingerprint density at radius 2 is 1.97 bits per heavy atom. The van der Waals surface area contributed by atoms with Crippen molar-refractivity contribution in [3.05, 3.63) is 78.4 Å². The number of hydrogen-bond donors (Lipinski definition) is 2. The van der Waals surface area contributed by atoms with E-state index in [1.807, 2.05) is 48.7 Å². The Morgan fingerprint density at radius 3 is 2.68 bits per heavy atom. The van der Waals surface area contributed by atoms with Crippen molar-refractivity contribution in [3.63, 3.8) is 0 Å². The van der Waals surface area contributed by atoms with Crippen LogP contribution in [-0.2, 0) is 9.53 Å². The Kier molecular flexibility index (Phi) is 6.60. The van der Waals surface area contributed by atoms with Gasteiger partial charge in [0.2, 0.25) is 5.91 Å². The maximum Gasteiger partial charge on any atom is 0.250 e. The number of hydrogen-bond acceptors (Lipinski definition) is 4. The summed E-state index contributed by atoms with van der Waals surface area (Å²) in [6.45, 7) is 0.0215. The average Bonchev–Trinajstić information content (AvgIpc) is 3.60. The van der Waals surface area contributed by atoms with E-state index in [4.69, 9.17) is 17.0 Å². The maximum atomic E-state index is 11.9. The minimum atomic E-state index is -0.185. The van der Waals surface area contributed by atoms with Gasteiger partial charge in [-0.05, 0) is 73.1 Å². The van der Waals surface area contributed by atoms with E-state index in [1.165, 1.54) is 38.4 Å². The Hall–Kier alpha value is -3.23. The molecule has 3 aromatic rings.